The van der Waals surface area contributed by atoms with Crippen LogP contribution >= 0.6 is 0 Å². The van der Waals surface area contributed by atoms with E-state index in [1.165, 1.54) is 0 Å². The highest BCUT2D eigenvalue weighted by molar-refractivity contribution is 5.94. The standard InChI is InChI=1S/C17H20N2O3/c1-13(4-3-11-20)19-17(21)14-6-8-15(9-7-14)22-16-5-2-10-18-12-16/h2,5-10,12-13,20H,3-4,11H2,1H3,(H,19,21). The van der Waals surface area contributed by atoms with E-state index in [1.807, 2.05) is 13.0 Å². The number of aliphatic hydroxyl groups excluding tert-OH is 1. The Balaban J connectivity index is 1.92. The Morgan fingerprint density at radius 3 is 2.68 bits per heavy atom. The Kier molecular flexibility index (Phi) is 5.91. The molecular weight excluding hydrogens is 280 g/mol. The van der Waals surface area contributed by atoms with Crippen molar-refractivity contribution >= 4 is 5.91 Å². The SMILES string of the molecule is CC(CCCO)NC(=O)c1ccc(Oc2cccnc2)cc1. The van der Waals surface area contributed by atoms with Gasteiger partial charge in [0.05, 0.1) is 6.20 Å². The maximum atomic E-state index is 12.1. The number of ether oxygens (including phenoxy) is 1. The average molecular weight is 300 g/mol. The van der Waals surface area contributed by atoms with Gasteiger partial charge in [0.2, 0.25) is 0 Å². The Morgan fingerprint density at radius 1 is 1.27 bits per heavy atom. The summed E-state index contributed by atoms with van der Waals surface area (Å²) < 4.78 is 5.63. The fourth-order valence-electron chi connectivity index (χ4n) is 1.99. The first-order chi connectivity index (χ1) is 10.7. The number of nitrogens with one attached hydrogen (secondary N) is 1. The van der Waals surface area contributed by atoms with E-state index in [2.05, 4.69) is 10.3 Å². The molecule has 2 aromatic rings. The number of pyridine rings is 1. The van der Waals surface area contributed by atoms with Gasteiger partial charge in [-0.25, -0.2) is 0 Å². The van der Waals surface area contributed by atoms with Crippen LogP contribution in [0.1, 0.15) is 30.1 Å². The van der Waals surface area contributed by atoms with E-state index in [4.69, 9.17) is 9.84 Å². The highest BCUT2D eigenvalue weighted by Crippen LogP contribution is 2.20. The summed E-state index contributed by atoms with van der Waals surface area (Å²) in [5.41, 5.74) is 0.578. The van der Waals surface area contributed by atoms with Crippen molar-refractivity contribution in [3.05, 3.63) is 54.4 Å². The van der Waals surface area contributed by atoms with Crippen LogP contribution < -0.4 is 10.1 Å². The van der Waals surface area contributed by atoms with Gasteiger partial charge in [0.25, 0.3) is 5.91 Å². The second-order valence-electron chi connectivity index (χ2n) is 5.06. The minimum Gasteiger partial charge on any atom is -0.456 e. The maximum absolute atomic E-state index is 12.1. The van der Waals surface area contributed by atoms with E-state index >= 15 is 0 Å². The van der Waals surface area contributed by atoms with Crippen LogP contribution in [0.2, 0.25) is 0 Å². The van der Waals surface area contributed by atoms with Crippen molar-refractivity contribution in [1.82, 2.24) is 10.3 Å². The molecule has 116 valence electrons. The first-order valence-corrected chi connectivity index (χ1v) is 7.28. The van der Waals surface area contributed by atoms with Crippen molar-refractivity contribution in [1.29, 1.82) is 0 Å². The third-order valence-corrected chi connectivity index (χ3v) is 3.16. The monoisotopic (exact) mass is 300 g/mol. The fraction of sp³-hybridized carbons (Fsp3) is 0.294. The molecule has 0 saturated heterocycles. The summed E-state index contributed by atoms with van der Waals surface area (Å²) >= 11 is 0. The number of benzene rings is 1. The summed E-state index contributed by atoms with van der Waals surface area (Å²) in [6.45, 7) is 2.06. The molecule has 1 aromatic heterocycles. The molecule has 1 heterocycles. The fourth-order valence-corrected chi connectivity index (χ4v) is 1.99. The Labute approximate surface area is 130 Å². The van der Waals surface area contributed by atoms with Crippen LogP contribution in [-0.2, 0) is 0 Å². The molecule has 0 aliphatic heterocycles. The van der Waals surface area contributed by atoms with Crippen molar-refractivity contribution in [2.45, 2.75) is 25.8 Å². The van der Waals surface area contributed by atoms with E-state index in [9.17, 15) is 4.79 Å². The number of nitrogens with zero attached hydrogens (tertiary/aromatic N) is 1. The molecule has 0 fully saturated rings. The van der Waals surface area contributed by atoms with E-state index < -0.39 is 0 Å². The molecule has 22 heavy (non-hydrogen) atoms. The molecule has 2 N–H and O–H groups in total. The van der Waals surface area contributed by atoms with Crippen molar-refractivity contribution in [3.63, 3.8) is 0 Å². The zero-order valence-corrected chi connectivity index (χ0v) is 12.5. The number of amides is 1. The molecule has 0 bridgehead atoms. The number of carbonyl (C=O) groups excluding carboxylic acids is 1. The molecule has 5 heteroatoms. The lowest BCUT2D eigenvalue weighted by atomic mass is 10.1. The Hall–Kier alpha value is -2.40. The lowest BCUT2D eigenvalue weighted by Gasteiger charge is -2.13. The summed E-state index contributed by atoms with van der Waals surface area (Å²) in [4.78, 5) is 16.0. The van der Waals surface area contributed by atoms with Gasteiger partial charge >= 0.3 is 0 Å². The number of hydrogen-bond acceptors (Lipinski definition) is 4. The van der Waals surface area contributed by atoms with Gasteiger partial charge in [0, 0.05) is 24.4 Å². The van der Waals surface area contributed by atoms with Crippen molar-refractivity contribution in [2.75, 3.05) is 6.61 Å². The van der Waals surface area contributed by atoms with Crippen LogP contribution in [0.5, 0.6) is 11.5 Å². The van der Waals surface area contributed by atoms with Crippen LogP contribution in [0.3, 0.4) is 0 Å². The predicted molar refractivity (Wildman–Crippen MR) is 84.0 cm³/mol. The molecular formula is C17H20N2O3. The molecule has 2 rings (SSSR count). The van der Waals surface area contributed by atoms with Gasteiger partial charge in [-0.15, -0.1) is 0 Å². The molecule has 0 spiro atoms. The highest BCUT2D eigenvalue weighted by Gasteiger charge is 2.09. The number of aromatic nitrogens is 1. The zero-order chi connectivity index (χ0) is 15.8. The Morgan fingerprint density at radius 2 is 2.05 bits per heavy atom. The van der Waals surface area contributed by atoms with Crippen molar-refractivity contribution in [2.24, 2.45) is 0 Å². The summed E-state index contributed by atoms with van der Waals surface area (Å²) in [7, 11) is 0. The molecule has 5 nitrogen and oxygen atoms in total. The van der Waals surface area contributed by atoms with E-state index in [-0.39, 0.29) is 18.6 Å². The van der Waals surface area contributed by atoms with Crippen molar-refractivity contribution < 1.29 is 14.6 Å². The lowest BCUT2D eigenvalue weighted by Crippen LogP contribution is -2.32. The Bertz CT molecular complexity index is 585. The van der Waals surface area contributed by atoms with Gasteiger partial charge < -0.3 is 15.2 Å². The molecule has 1 aromatic carbocycles. The van der Waals surface area contributed by atoms with Crippen LogP contribution in [0, 0.1) is 0 Å². The molecule has 0 aliphatic carbocycles. The van der Waals surface area contributed by atoms with Gasteiger partial charge in [-0.2, -0.15) is 0 Å². The number of carbonyl (C=O) groups is 1. The molecule has 0 saturated carbocycles. The molecule has 0 aliphatic rings. The van der Waals surface area contributed by atoms with Crippen LogP contribution in [0.15, 0.2) is 48.8 Å². The largest absolute Gasteiger partial charge is 0.456 e. The van der Waals surface area contributed by atoms with Crippen LogP contribution in [0.25, 0.3) is 0 Å². The van der Waals surface area contributed by atoms with Gasteiger partial charge in [-0.05, 0) is 56.2 Å². The van der Waals surface area contributed by atoms with E-state index in [1.54, 1.807) is 42.7 Å². The summed E-state index contributed by atoms with van der Waals surface area (Å²) in [6.07, 6.45) is 4.74. The lowest BCUT2D eigenvalue weighted by molar-refractivity contribution is 0.0936. The topological polar surface area (TPSA) is 71.5 Å². The zero-order valence-electron chi connectivity index (χ0n) is 12.5. The smallest absolute Gasteiger partial charge is 0.251 e. The minimum atomic E-state index is -0.127. The van der Waals surface area contributed by atoms with E-state index in [0.717, 1.165) is 6.42 Å². The average Bonchev–Trinajstić information content (AvgIpc) is 2.54. The van der Waals surface area contributed by atoms with Crippen LogP contribution in [-0.4, -0.2) is 28.6 Å². The van der Waals surface area contributed by atoms with Gasteiger partial charge in [0.1, 0.15) is 11.5 Å². The molecule has 1 amide bonds. The maximum Gasteiger partial charge on any atom is 0.251 e. The quantitative estimate of drug-likeness (QED) is 0.825. The summed E-state index contributed by atoms with van der Waals surface area (Å²) in [6, 6.07) is 10.6. The predicted octanol–water partition coefficient (Wildman–Crippen LogP) is 2.76. The third-order valence-electron chi connectivity index (χ3n) is 3.16. The first kappa shape index (κ1) is 16.0. The molecule has 1 unspecified atom stereocenters. The van der Waals surface area contributed by atoms with Gasteiger partial charge in [0.15, 0.2) is 0 Å². The van der Waals surface area contributed by atoms with Gasteiger partial charge in [-0.3, -0.25) is 9.78 Å². The molecule has 1 atom stereocenters. The normalized spacial score (nSPS) is 11.7. The third kappa shape index (κ3) is 4.86. The highest BCUT2D eigenvalue weighted by atomic mass is 16.5. The second-order valence-corrected chi connectivity index (χ2v) is 5.06. The first-order valence-electron chi connectivity index (χ1n) is 7.28. The van der Waals surface area contributed by atoms with Crippen molar-refractivity contribution in [3.8, 4) is 11.5 Å². The number of rotatable bonds is 7. The van der Waals surface area contributed by atoms with Crippen LogP contribution in [0.4, 0.5) is 0 Å². The summed E-state index contributed by atoms with van der Waals surface area (Å²) in [5, 5.41) is 11.7. The number of hydrogen-bond donors (Lipinski definition) is 2. The molecule has 0 radical (unpaired) electrons. The van der Waals surface area contributed by atoms with Gasteiger partial charge in [-0.1, -0.05) is 0 Å². The minimum absolute atomic E-state index is 0.0333. The van der Waals surface area contributed by atoms with E-state index in [0.29, 0.717) is 23.5 Å². The second kappa shape index (κ2) is 8.14. The summed E-state index contributed by atoms with van der Waals surface area (Å²) in [5.74, 6) is 1.17. The number of aliphatic hydroxyl groups is 1.